The normalized spacial score (nSPS) is 15.6. The van der Waals surface area contributed by atoms with E-state index in [4.69, 9.17) is 5.11 Å². The minimum absolute atomic E-state index is 0.0777. The van der Waals surface area contributed by atoms with E-state index in [0.717, 1.165) is 0 Å². The lowest BCUT2D eigenvalue weighted by molar-refractivity contribution is -0.134. The minimum Gasteiger partial charge on any atom is -0.476 e. The molecule has 6 heteroatoms. The van der Waals surface area contributed by atoms with Gasteiger partial charge in [-0.3, -0.25) is 4.79 Å². The van der Waals surface area contributed by atoms with E-state index in [2.05, 4.69) is 0 Å². The number of carboxylic acids is 1. The van der Waals surface area contributed by atoms with Crippen molar-refractivity contribution in [1.82, 2.24) is 4.90 Å². The molecule has 2 heterocycles. The van der Waals surface area contributed by atoms with E-state index in [9.17, 15) is 14.0 Å². The van der Waals surface area contributed by atoms with Crippen molar-refractivity contribution in [2.24, 2.45) is 0 Å². The SMILES string of the molecule is O=C(O)C(F)=C1CCN(C(=O)c2ccsc2)CC1. The number of piperidine rings is 1. The Balaban J connectivity index is 2.01. The van der Waals surface area contributed by atoms with Gasteiger partial charge in [-0.15, -0.1) is 0 Å². The van der Waals surface area contributed by atoms with Gasteiger partial charge in [0.1, 0.15) is 0 Å². The van der Waals surface area contributed by atoms with E-state index in [1.54, 1.807) is 16.3 Å². The Morgan fingerprint density at radius 3 is 2.50 bits per heavy atom. The van der Waals surface area contributed by atoms with Crippen molar-refractivity contribution in [3.05, 3.63) is 33.8 Å². The average Bonchev–Trinajstić information content (AvgIpc) is 2.91. The van der Waals surface area contributed by atoms with Crippen molar-refractivity contribution >= 4 is 23.2 Å². The number of hydrogen-bond acceptors (Lipinski definition) is 3. The van der Waals surface area contributed by atoms with Crippen LogP contribution in [0.1, 0.15) is 23.2 Å². The zero-order valence-electron chi connectivity index (χ0n) is 9.56. The van der Waals surface area contributed by atoms with E-state index < -0.39 is 11.8 Å². The van der Waals surface area contributed by atoms with Gasteiger partial charge in [0.05, 0.1) is 5.56 Å². The van der Waals surface area contributed by atoms with E-state index in [1.807, 2.05) is 5.38 Å². The summed E-state index contributed by atoms with van der Waals surface area (Å²) < 4.78 is 13.2. The van der Waals surface area contributed by atoms with Crippen LogP contribution in [0.4, 0.5) is 4.39 Å². The topological polar surface area (TPSA) is 57.6 Å². The molecular formula is C12H12FNO3S. The van der Waals surface area contributed by atoms with Gasteiger partial charge in [-0.2, -0.15) is 15.7 Å². The molecule has 1 saturated heterocycles. The molecule has 0 saturated carbocycles. The number of amides is 1. The van der Waals surface area contributed by atoms with Crippen LogP contribution in [0.25, 0.3) is 0 Å². The van der Waals surface area contributed by atoms with Gasteiger partial charge in [0.25, 0.3) is 5.91 Å². The molecule has 2 rings (SSSR count). The lowest BCUT2D eigenvalue weighted by atomic mass is 10.0. The second-order valence-electron chi connectivity index (χ2n) is 4.03. The summed E-state index contributed by atoms with van der Waals surface area (Å²) in [5, 5.41) is 12.1. The van der Waals surface area contributed by atoms with Gasteiger partial charge in [-0.1, -0.05) is 0 Å². The molecule has 96 valence electrons. The van der Waals surface area contributed by atoms with E-state index in [1.165, 1.54) is 11.3 Å². The summed E-state index contributed by atoms with van der Waals surface area (Å²) in [6.45, 7) is 0.732. The Kier molecular flexibility index (Phi) is 3.76. The van der Waals surface area contributed by atoms with E-state index in [-0.39, 0.29) is 24.3 Å². The Morgan fingerprint density at radius 1 is 1.33 bits per heavy atom. The van der Waals surface area contributed by atoms with Gasteiger partial charge >= 0.3 is 5.97 Å². The molecule has 0 radical (unpaired) electrons. The maximum atomic E-state index is 13.2. The van der Waals surface area contributed by atoms with Crippen molar-refractivity contribution in [3.63, 3.8) is 0 Å². The standard InChI is InChI=1S/C12H12FNO3S/c13-10(12(16)17)8-1-4-14(5-2-8)11(15)9-3-6-18-7-9/h3,6-7H,1-2,4-5H2,(H,16,17). The fourth-order valence-electron chi connectivity index (χ4n) is 1.92. The Morgan fingerprint density at radius 2 is 2.00 bits per heavy atom. The molecule has 0 aromatic carbocycles. The van der Waals surface area contributed by atoms with Crippen molar-refractivity contribution in [2.75, 3.05) is 13.1 Å². The number of carbonyl (C=O) groups is 2. The molecule has 0 spiro atoms. The van der Waals surface area contributed by atoms with Crippen LogP contribution in [-0.2, 0) is 4.79 Å². The van der Waals surface area contributed by atoms with Crippen LogP contribution in [0.2, 0.25) is 0 Å². The summed E-state index contributed by atoms with van der Waals surface area (Å²) >= 11 is 1.45. The third kappa shape index (κ3) is 2.59. The zero-order chi connectivity index (χ0) is 13.1. The third-order valence-electron chi connectivity index (χ3n) is 2.92. The van der Waals surface area contributed by atoms with Gasteiger partial charge < -0.3 is 10.0 Å². The summed E-state index contributed by atoms with van der Waals surface area (Å²) in [4.78, 5) is 24.1. The maximum Gasteiger partial charge on any atom is 0.364 e. The van der Waals surface area contributed by atoms with Crippen LogP contribution < -0.4 is 0 Å². The summed E-state index contributed by atoms with van der Waals surface area (Å²) in [7, 11) is 0. The first-order chi connectivity index (χ1) is 8.59. The average molecular weight is 269 g/mol. The number of rotatable bonds is 2. The molecule has 18 heavy (non-hydrogen) atoms. The second kappa shape index (κ2) is 5.30. The van der Waals surface area contributed by atoms with Crippen LogP contribution in [0.3, 0.4) is 0 Å². The number of carboxylic acid groups (broad SMARTS) is 1. The zero-order valence-corrected chi connectivity index (χ0v) is 10.4. The summed E-state index contributed by atoms with van der Waals surface area (Å²) in [5.41, 5.74) is 0.919. The Bertz CT molecular complexity index is 485. The molecule has 1 aromatic heterocycles. The predicted molar refractivity (Wildman–Crippen MR) is 65.2 cm³/mol. The summed E-state index contributed by atoms with van der Waals surface area (Å²) in [6, 6.07) is 1.75. The van der Waals surface area contributed by atoms with Gasteiger partial charge in [0, 0.05) is 18.5 Å². The molecule has 0 atom stereocenters. The number of aliphatic carboxylic acids is 1. The molecule has 0 aliphatic carbocycles. The fourth-order valence-corrected chi connectivity index (χ4v) is 2.55. The van der Waals surface area contributed by atoms with Crippen molar-refractivity contribution in [3.8, 4) is 0 Å². The highest BCUT2D eigenvalue weighted by Gasteiger charge is 2.24. The van der Waals surface area contributed by atoms with Crippen molar-refractivity contribution < 1.29 is 19.1 Å². The van der Waals surface area contributed by atoms with Crippen LogP contribution in [-0.4, -0.2) is 35.0 Å². The molecule has 1 aliphatic heterocycles. The second-order valence-corrected chi connectivity index (χ2v) is 4.81. The van der Waals surface area contributed by atoms with Crippen LogP contribution >= 0.6 is 11.3 Å². The lowest BCUT2D eigenvalue weighted by Crippen LogP contribution is -2.36. The summed E-state index contributed by atoms with van der Waals surface area (Å²) in [5.74, 6) is -2.67. The largest absolute Gasteiger partial charge is 0.476 e. The molecule has 1 fully saturated rings. The maximum absolute atomic E-state index is 13.2. The van der Waals surface area contributed by atoms with Crippen LogP contribution in [0, 0.1) is 0 Å². The highest BCUT2D eigenvalue weighted by atomic mass is 32.1. The number of nitrogens with zero attached hydrogens (tertiary/aromatic N) is 1. The first kappa shape index (κ1) is 12.8. The van der Waals surface area contributed by atoms with Gasteiger partial charge in [-0.05, 0) is 29.9 Å². The van der Waals surface area contributed by atoms with Crippen molar-refractivity contribution in [1.29, 1.82) is 0 Å². The van der Waals surface area contributed by atoms with Crippen LogP contribution in [0.5, 0.6) is 0 Å². The number of carbonyl (C=O) groups excluding carboxylic acids is 1. The van der Waals surface area contributed by atoms with Crippen molar-refractivity contribution in [2.45, 2.75) is 12.8 Å². The quantitative estimate of drug-likeness (QED) is 0.838. The molecule has 0 bridgehead atoms. The molecule has 0 unspecified atom stereocenters. The monoisotopic (exact) mass is 269 g/mol. The van der Waals surface area contributed by atoms with Gasteiger partial charge in [0.15, 0.2) is 0 Å². The molecule has 1 aromatic rings. The highest BCUT2D eigenvalue weighted by Crippen LogP contribution is 2.22. The van der Waals surface area contributed by atoms with Crippen LogP contribution in [0.15, 0.2) is 28.2 Å². The molecule has 1 aliphatic rings. The Labute approximate surface area is 107 Å². The molecule has 1 amide bonds. The van der Waals surface area contributed by atoms with E-state index in [0.29, 0.717) is 18.7 Å². The minimum atomic E-state index is -1.53. The smallest absolute Gasteiger partial charge is 0.364 e. The number of likely N-dealkylation sites (tertiary alicyclic amines) is 1. The molecule has 1 N–H and O–H groups in total. The number of halogens is 1. The Hall–Kier alpha value is -1.69. The number of thiophene rings is 1. The molecular weight excluding hydrogens is 257 g/mol. The van der Waals surface area contributed by atoms with Gasteiger partial charge in [-0.25, -0.2) is 4.79 Å². The van der Waals surface area contributed by atoms with E-state index >= 15 is 0 Å². The predicted octanol–water partition coefficient (Wildman–Crippen LogP) is 2.29. The third-order valence-corrected chi connectivity index (χ3v) is 3.60. The fraction of sp³-hybridized carbons (Fsp3) is 0.333. The molecule has 4 nitrogen and oxygen atoms in total. The first-order valence-electron chi connectivity index (χ1n) is 5.52. The van der Waals surface area contributed by atoms with Gasteiger partial charge in [0.2, 0.25) is 5.83 Å². The summed E-state index contributed by atoms with van der Waals surface area (Å²) in [6.07, 6.45) is 0.571. The lowest BCUT2D eigenvalue weighted by Gasteiger charge is -2.28. The number of hydrogen-bond donors (Lipinski definition) is 1. The first-order valence-corrected chi connectivity index (χ1v) is 6.46. The highest BCUT2D eigenvalue weighted by molar-refractivity contribution is 7.08.